The van der Waals surface area contributed by atoms with Gasteiger partial charge in [-0.05, 0) is 12.5 Å². The van der Waals surface area contributed by atoms with E-state index in [-0.39, 0.29) is 24.0 Å². The van der Waals surface area contributed by atoms with Crippen LogP contribution in [0.2, 0.25) is 0 Å². The van der Waals surface area contributed by atoms with E-state index in [1.165, 1.54) is 19.2 Å². The Labute approximate surface area is 130 Å². The second-order valence-electron chi connectivity index (χ2n) is 4.16. The number of benzene rings is 1. The van der Waals surface area contributed by atoms with Crippen LogP contribution >= 0.6 is 15.9 Å². The van der Waals surface area contributed by atoms with Gasteiger partial charge in [-0.2, -0.15) is 0 Å². The maximum atomic E-state index is 11.5. The Hall–Kier alpha value is -1.83. The van der Waals surface area contributed by atoms with Crippen LogP contribution in [0.3, 0.4) is 0 Å². The summed E-state index contributed by atoms with van der Waals surface area (Å²) in [5.74, 6) is 0.227. The Morgan fingerprint density at radius 3 is 2.67 bits per heavy atom. The van der Waals surface area contributed by atoms with Crippen molar-refractivity contribution in [1.29, 1.82) is 0 Å². The van der Waals surface area contributed by atoms with Crippen molar-refractivity contribution in [3.63, 3.8) is 0 Å². The van der Waals surface area contributed by atoms with Crippen LogP contribution in [0.25, 0.3) is 0 Å². The number of nitro groups is 1. The molecule has 7 nitrogen and oxygen atoms in total. The Bertz CT molecular complexity index is 522. The molecule has 1 amide bonds. The van der Waals surface area contributed by atoms with E-state index in [4.69, 9.17) is 9.47 Å². The maximum Gasteiger partial charge on any atom is 0.277 e. The van der Waals surface area contributed by atoms with Crippen molar-refractivity contribution in [3.05, 3.63) is 27.8 Å². The van der Waals surface area contributed by atoms with Gasteiger partial charge in [-0.15, -0.1) is 0 Å². The van der Waals surface area contributed by atoms with Crippen molar-refractivity contribution >= 4 is 27.5 Å². The van der Waals surface area contributed by atoms with Crippen LogP contribution in [0.4, 0.5) is 5.69 Å². The van der Waals surface area contributed by atoms with Crippen molar-refractivity contribution < 1.29 is 19.2 Å². The normalized spacial score (nSPS) is 10.0. The van der Waals surface area contributed by atoms with Gasteiger partial charge in [0.25, 0.3) is 11.6 Å². The van der Waals surface area contributed by atoms with Gasteiger partial charge in [-0.25, -0.2) is 0 Å². The van der Waals surface area contributed by atoms with E-state index in [9.17, 15) is 14.9 Å². The highest BCUT2D eigenvalue weighted by Crippen LogP contribution is 2.35. The number of carbonyl (C=O) groups excluding carboxylic acids is 1. The Morgan fingerprint density at radius 1 is 1.43 bits per heavy atom. The number of hydrogen-bond donors (Lipinski definition) is 1. The lowest BCUT2D eigenvalue weighted by Gasteiger charge is -2.12. The zero-order chi connectivity index (χ0) is 15.8. The largest absolute Gasteiger partial charge is 0.493 e. The SMILES string of the molecule is CCCNC(=O)COc1cc([N+](=O)[O-])c(CBr)cc1OC. The molecule has 1 aromatic rings. The molecule has 0 atom stereocenters. The molecule has 0 aliphatic rings. The zero-order valence-corrected chi connectivity index (χ0v) is 13.4. The number of methoxy groups -OCH3 is 1. The summed E-state index contributed by atoms with van der Waals surface area (Å²) >= 11 is 3.19. The third-order valence-corrected chi connectivity index (χ3v) is 3.24. The van der Waals surface area contributed by atoms with Crippen LogP contribution in [0.15, 0.2) is 12.1 Å². The third-order valence-electron chi connectivity index (χ3n) is 2.64. The van der Waals surface area contributed by atoms with Crippen LogP contribution < -0.4 is 14.8 Å². The van der Waals surface area contributed by atoms with Gasteiger partial charge in [-0.1, -0.05) is 22.9 Å². The third kappa shape index (κ3) is 4.89. The number of halogens is 1. The first-order chi connectivity index (χ1) is 10.0. The summed E-state index contributed by atoms with van der Waals surface area (Å²) in [5, 5.41) is 14.0. The first-order valence-corrected chi connectivity index (χ1v) is 7.46. The number of alkyl halides is 1. The van der Waals surface area contributed by atoms with Crippen molar-refractivity contribution in [2.75, 3.05) is 20.3 Å². The van der Waals surface area contributed by atoms with Crippen molar-refractivity contribution in [2.24, 2.45) is 0 Å². The summed E-state index contributed by atoms with van der Waals surface area (Å²) in [4.78, 5) is 22.0. The van der Waals surface area contributed by atoms with Crippen LogP contribution in [0.1, 0.15) is 18.9 Å². The molecule has 0 unspecified atom stereocenters. The van der Waals surface area contributed by atoms with Gasteiger partial charge in [0.1, 0.15) is 0 Å². The Kier molecular flexibility index (Phi) is 6.93. The molecule has 0 bridgehead atoms. The molecule has 0 spiro atoms. The maximum absolute atomic E-state index is 11.5. The zero-order valence-electron chi connectivity index (χ0n) is 11.8. The number of ether oxygens (including phenoxy) is 2. The van der Waals surface area contributed by atoms with Crippen LogP contribution in [-0.2, 0) is 10.1 Å². The second kappa shape index (κ2) is 8.46. The first kappa shape index (κ1) is 17.2. The quantitative estimate of drug-likeness (QED) is 0.436. The number of rotatable bonds is 8. The molecule has 0 saturated carbocycles. The molecule has 0 aliphatic carbocycles. The van der Waals surface area contributed by atoms with Crippen molar-refractivity contribution in [1.82, 2.24) is 5.32 Å². The smallest absolute Gasteiger partial charge is 0.277 e. The van der Waals surface area contributed by atoms with Gasteiger partial charge in [0.15, 0.2) is 18.1 Å². The topological polar surface area (TPSA) is 90.7 Å². The minimum absolute atomic E-state index is 0.0864. The second-order valence-corrected chi connectivity index (χ2v) is 4.72. The van der Waals surface area contributed by atoms with Gasteiger partial charge in [0.2, 0.25) is 0 Å². The summed E-state index contributed by atoms with van der Waals surface area (Å²) in [5.41, 5.74) is 0.385. The lowest BCUT2D eigenvalue weighted by molar-refractivity contribution is -0.385. The van der Waals surface area contributed by atoms with Gasteiger partial charge < -0.3 is 14.8 Å². The molecule has 8 heteroatoms. The average molecular weight is 361 g/mol. The van der Waals surface area contributed by atoms with Gasteiger partial charge in [-0.3, -0.25) is 14.9 Å². The highest BCUT2D eigenvalue weighted by Gasteiger charge is 2.19. The van der Waals surface area contributed by atoms with Gasteiger partial charge >= 0.3 is 0 Å². The lowest BCUT2D eigenvalue weighted by Crippen LogP contribution is -2.29. The molecular formula is C13H17BrN2O5. The molecule has 0 heterocycles. The summed E-state index contributed by atoms with van der Waals surface area (Å²) in [7, 11) is 1.43. The summed E-state index contributed by atoms with van der Waals surface area (Å²) in [6.45, 7) is 2.27. The average Bonchev–Trinajstić information content (AvgIpc) is 2.49. The molecule has 0 aromatic heterocycles. The molecular weight excluding hydrogens is 344 g/mol. The van der Waals surface area contributed by atoms with E-state index >= 15 is 0 Å². The van der Waals surface area contributed by atoms with Crippen molar-refractivity contribution in [3.8, 4) is 11.5 Å². The number of hydrogen-bond acceptors (Lipinski definition) is 5. The first-order valence-electron chi connectivity index (χ1n) is 6.34. The van der Waals surface area contributed by atoms with E-state index in [1.54, 1.807) is 0 Å². The molecule has 116 valence electrons. The number of amides is 1. The Morgan fingerprint density at radius 2 is 2.14 bits per heavy atom. The number of carbonyl (C=O) groups is 1. The summed E-state index contributed by atoms with van der Waals surface area (Å²) in [6, 6.07) is 2.79. The fourth-order valence-corrected chi connectivity index (χ4v) is 2.05. The fraction of sp³-hybridized carbons (Fsp3) is 0.462. The van der Waals surface area contributed by atoms with Gasteiger partial charge in [0, 0.05) is 17.4 Å². The van der Waals surface area contributed by atoms with Crippen LogP contribution in [-0.4, -0.2) is 31.1 Å². The monoisotopic (exact) mass is 360 g/mol. The molecule has 1 rings (SSSR count). The fourth-order valence-electron chi connectivity index (χ4n) is 1.60. The summed E-state index contributed by atoms with van der Waals surface area (Å²) < 4.78 is 10.5. The number of nitrogens with one attached hydrogen (secondary N) is 1. The van der Waals surface area contributed by atoms with E-state index in [1.807, 2.05) is 6.92 Å². The molecule has 1 aromatic carbocycles. The molecule has 0 saturated heterocycles. The minimum Gasteiger partial charge on any atom is -0.493 e. The lowest BCUT2D eigenvalue weighted by atomic mass is 10.2. The number of nitro benzene ring substituents is 1. The predicted octanol–water partition coefficient (Wildman–Crippen LogP) is 2.40. The molecule has 1 N–H and O–H groups in total. The van der Waals surface area contributed by atoms with Crippen molar-refractivity contribution in [2.45, 2.75) is 18.7 Å². The van der Waals surface area contributed by atoms with Crippen LogP contribution in [0.5, 0.6) is 11.5 Å². The number of nitrogens with zero attached hydrogens (tertiary/aromatic N) is 1. The van der Waals surface area contributed by atoms with E-state index < -0.39 is 4.92 Å². The molecule has 0 radical (unpaired) electrons. The summed E-state index contributed by atoms with van der Waals surface area (Å²) in [6.07, 6.45) is 0.820. The molecule has 0 aliphatic heterocycles. The predicted molar refractivity (Wildman–Crippen MR) is 81.1 cm³/mol. The minimum atomic E-state index is -0.500. The highest BCUT2D eigenvalue weighted by atomic mass is 79.9. The van der Waals surface area contributed by atoms with E-state index in [0.29, 0.717) is 23.2 Å². The van der Waals surface area contributed by atoms with Crippen LogP contribution in [0, 0.1) is 10.1 Å². The standard InChI is InChI=1S/C13H17BrN2O5/c1-3-4-15-13(17)8-21-12-6-10(16(18)19)9(7-14)5-11(12)20-2/h5-6H,3-4,7-8H2,1-2H3,(H,15,17). The molecule has 21 heavy (non-hydrogen) atoms. The van der Waals surface area contributed by atoms with E-state index in [2.05, 4.69) is 21.2 Å². The van der Waals surface area contributed by atoms with Gasteiger partial charge in [0.05, 0.1) is 18.1 Å². The highest BCUT2D eigenvalue weighted by molar-refractivity contribution is 9.08. The van der Waals surface area contributed by atoms with E-state index in [0.717, 1.165) is 6.42 Å². The Balaban J connectivity index is 2.92. The molecule has 0 fully saturated rings.